The number of anilines is 2. The molecule has 1 N–H and O–H groups in total. The highest BCUT2D eigenvalue weighted by Gasteiger charge is 2.18. The maximum absolute atomic E-state index is 11.7. The normalized spacial score (nSPS) is 11.8. The van der Waals surface area contributed by atoms with Crippen LogP contribution in [0.2, 0.25) is 5.02 Å². The first-order chi connectivity index (χ1) is 10.4. The molecule has 0 fully saturated rings. The molecule has 0 heterocycles. The summed E-state index contributed by atoms with van der Waals surface area (Å²) in [5.74, 6) is -0.573. The summed E-state index contributed by atoms with van der Waals surface area (Å²) in [4.78, 5) is 11.7. The Morgan fingerprint density at radius 2 is 1.82 bits per heavy atom. The van der Waals surface area contributed by atoms with E-state index in [0.29, 0.717) is 11.4 Å². The van der Waals surface area contributed by atoms with Gasteiger partial charge in [-0.3, -0.25) is 4.55 Å². The topological polar surface area (TPSA) is 66.8 Å². The fourth-order valence-corrected chi connectivity index (χ4v) is 2.75. The Hall–Kier alpha value is -1.89. The molecule has 0 saturated heterocycles. The molecule has 0 aliphatic rings. The zero-order valence-corrected chi connectivity index (χ0v) is 13.5. The molecule has 22 heavy (non-hydrogen) atoms. The number of aryl methyl sites for hydroxylation is 1. The van der Waals surface area contributed by atoms with Crippen LogP contribution in [-0.2, 0) is 16.0 Å². The molecule has 0 spiro atoms. The van der Waals surface area contributed by atoms with Gasteiger partial charge in [-0.1, -0.05) is 29.3 Å². The lowest BCUT2D eigenvalue weighted by Crippen LogP contribution is -2.19. The van der Waals surface area contributed by atoms with Crippen LogP contribution in [0, 0.1) is 6.92 Å². The van der Waals surface area contributed by atoms with Crippen molar-refractivity contribution in [1.29, 1.82) is 0 Å². The molecule has 0 aliphatic carbocycles. The van der Waals surface area contributed by atoms with Crippen LogP contribution in [0.5, 0.6) is 0 Å². The summed E-state index contributed by atoms with van der Waals surface area (Å²) in [7, 11) is 1.25. The minimum Gasteiger partial charge on any atom is -0.465 e. The number of nitrogens with zero attached hydrogens (tertiary/aromatic N) is 1. The first-order valence-corrected chi connectivity index (χ1v) is 7.73. The van der Waals surface area contributed by atoms with E-state index in [1.807, 2.05) is 19.1 Å². The largest absolute Gasteiger partial charge is 0.465 e. The molecule has 116 valence electrons. The van der Waals surface area contributed by atoms with Crippen LogP contribution in [0.1, 0.15) is 15.9 Å². The standard InChI is InChI=1S/C15H14ClNO4S/c1-10-3-5-13(6-4-10)17(22(19)20)14-8-11(15(18)21-2)7-12(16)9-14/h3-9H,1-2H3,(H,19,20). The quantitative estimate of drug-likeness (QED) is 0.681. The highest BCUT2D eigenvalue weighted by molar-refractivity contribution is 7.81. The van der Waals surface area contributed by atoms with Crippen LogP contribution in [-0.4, -0.2) is 21.8 Å². The number of ether oxygens (including phenoxy) is 1. The molecule has 5 nitrogen and oxygen atoms in total. The van der Waals surface area contributed by atoms with Gasteiger partial charge in [0, 0.05) is 5.02 Å². The predicted octanol–water partition coefficient (Wildman–Crippen LogP) is 3.71. The monoisotopic (exact) mass is 339 g/mol. The average molecular weight is 340 g/mol. The number of esters is 1. The lowest BCUT2D eigenvalue weighted by Gasteiger charge is -2.21. The predicted molar refractivity (Wildman–Crippen MR) is 86.9 cm³/mol. The van der Waals surface area contributed by atoms with Gasteiger partial charge in [0.15, 0.2) is 0 Å². The molecule has 2 aromatic rings. The summed E-state index contributed by atoms with van der Waals surface area (Å²) in [6.07, 6.45) is 0. The highest BCUT2D eigenvalue weighted by atomic mass is 35.5. The van der Waals surface area contributed by atoms with E-state index in [-0.39, 0.29) is 10.6 Å². The third-order valence-corrected chi connectivity index (χ3v) is 3.92. The molecule has 1 atom stereocenters. The fourth-order valence-electron chi connectivity index (χ4n) is 1.94. The third kappa shape index (κ3) is 3.65. The van der Waals surface area contributed by atoms with E-state index in [2.05, 4.69) is 4.74 Å². The Balaban J connectivity index is 2.53. The summed E-state index contributed by atoms with van der Waals surface area (Å²) >= 11 is 3.68. The summed E-state index contributed by atoms with van der Waals surface area (Å²) in [5, 5.41) is 0.264. The number of benzene rings is 2. The number of halogens is 1. The Kier molecular flexibility index (Phi) is 5.18. The second-order valence-corrected chi connectivity index (χ2v) is 5.81. The van der Waals surface area contributed by atoms with Crippen LogP contribution in [0.15, 0.2) is 42.5 Å². The molecule has 0 bridgehead atoms. The molecule has 2 aromatic carbocycles. The van der Waals surface area contributed by atoms with Crippen molar-refractivity contribution in [1.82, 2.24) is 0 Å². The second-order valence-electron chi connectivity index (χ2n) is 4.55. The maximum Gasteiger partial charge on any atom is 0.337 e. The minimum atomic E-state index is -2.32. The Morgan fingerprint density at radius 3 is 2.36 bits per heavy atom. The zero-order chi connectivity index (χ0) is 16.3. The van der Waals surface area contributed by atoms with Crippen molar-refractivity contribution in [3.63, 3.8) is 0 Å². The van der Waals surface area contributed by atoms with Crippen molar-refractivity contribution in [3.8, 4) is 0 Å². The van der Waals surface area contributed by atoms with Gasteiger partial charge >= 0.3 is 5.97 Å². The summed E-state index contributed by atoms with van der Waals surface area (Å²) in [6, 6.07) is 11.4. The molecule has 0 aromatic heterocycles. The van der Waals surface area contributed by atoms with Crippen molar-refractivity contribution in [2.24, 2.45) is 0 Å². The van der Waals surface area contributed by atoms with Crippen molar-refractivity contribution in [2.75, 3.05) is 11.4 Å². The maximum atomic E-state index is 11.7. The minimum absolute atomic E-state index is 0.201. The van der Waals surface area contributed by atoms with E-state index in [0.717, 1.165) is 9.87 Å². The molecular weight excluding hydrogens is 326 g/mol. The second kappa shape index (κ2) is 6.91. The van der Waals surface area contributed by atoms with Crippen LogP contribution >= 0.6 is 11.6 Å². The molecular formula is C15H14ClNO4S. The van der Waals surface area contributed by atoms with Crippen molar-refractivity contribution in [3.05, 3.63) is 58.6 Å². The number of hydrogen-bond acceptors (Lipinski definition) is 3. The van der Waals surface area contributed by atoms with E-state index in [1.54, 1.807) is 12.1 Å². The molecule has 7 heteroatoms. The third-order valence-electron chi connectivity index (χ3n) is 2.96. The summed E-state index contributed by atoms with van der Waals surface area (Å²) in [6.45, 7) is 1.92. The van der Waals surface area contributed by atoms with Crippen molar-refractivity contribution >= 4 is 40.2 Å². The summed E-state index contributed by atoms with van der Waals surface area (Å²) in [5.41, 5.74) is 2.04. The van der Waals surface area contributed by atoms with Crippen molar-refractivity contribution in [2.45, 2.75) is 6.92 Å². The molecule has 2 rings (SSSR count). The van der Waals surface area contributed by atoms with Gasteiger partial charge in [0.25, 0.3) is 11.3 Å². The fraction of sp³-hybridized carbons (Fsp3) is 0.133. The van der Waals surface area contributed by atoms with E-state index in [9.17, 15) is 13.6 Å². The number of hydrogen-bond donors (Lipinski definition) is 1. The van der Waals surface area contributed by atoms with E-state index in [1.165, 1.54) is 25.3 Å². The molecule has 0 aliphatic heterocycles. The first-order valence-electron chi connectivity index (χ1n) is 6.29. The van der Waals surface area contributed by atoms with Crippen LogP contribution in [0.4, 0.5) is 11.4 Å². The Labute approximate surface area is 135 Å². The van der Waals surface area contributed by atoms with E-state index < -0.39 is 17.2 Å². The van der Waals surface area contributed by atoms with Gasteiger partial charge in [0.2, 0.25) is 0 Å². The smallest absolute Gasteiger partial charge is 0.337 e. The van der Waals surface area contributed by atoms with Gasteiger partial charge in [-0.2, -0.15) is 0 Å². The Morgan fingerprint density at radius 1 is 1.18 bits per heavy atom. The van der Waals surface area contributed by atoms with Gasteiger partial charge in [-0.25, -0.2) is 13.3 Å². The van der Waals surface area contributed by atoms with E-state index >= 15 is 0 Å². The first kappa shape index (κ1) is 16.5. The number of methoxy groups -OCH3 is 1. The number of rotatable bonds is 4. The van der Waals surface area contributed by atoms with Gasteiger partial charge in [0.1, 0.15) is 0 Å². The lowest BCUT2D eigenvalue weighted by molar-refractivity contribution is 0.0600. The number of carbonyl (C=O) groups excluding carboxylic acids is 1. The Bertz CT molecular complexity index is 718. The van der Waals surface area contributed by atoms with Gasteiger partial charge in [-0.05, 0) is 37.3 Å². The van der Waals surface area contributed by atoms with Crippen LogP contribution < -0.4 is 4.31 Å². The molecule has 0 radical (unpaired) electrons. The average Bonchev–Trinajstić information content (AvgIpc) is 2.47. The van der Waals surface area contributed by atoms with Gasteiger partial charge in [-0.15, -0.1) is 0 Å². The summed E-state index contributed by atoms with van der Waals surface area (Å²) < 4.78 is 27.1. The van der Waals surface area contributed by atoms with E-state index in [4.69, 9.17) is 11.6 Å². The SMILES string of the molecule is COC(=O)c1cc(Cl)cc(N(c2ccc(C)cc2)S(=O)O)c1. The van der Waals surface area contributed by atoms with Gasteiger partial charge < -0.3 is 4.74 Å². The van der Waals surface area contributed by atoms with Crippen molar-refractivity contribution < 1.29 is 18.3 Å². The highest BCUT2D eigenvalue weighted by Crippen LogP contribution is 2.30. The number of carbonyl (C=O) groups is 1. The zero-order valence-electron chi connectivity index (χ0n) is 11.9. The van der Waals surface area contributed by atoms with Crippen LogP contribution in [0.25, 0.3) is 0 Å². The molecule has 1 unspecified atom stereocenters. The van der Waals surface area contributed by atoms with Crippen LogP contribution in [0.3, 0.4) is 0 Å². The molecule has 0 amide bonds. The van der Waals surface area contributed by atoms with Gasteiger partial charge in [0.05, 0.1) is 24.0 Å². The lowest BCUT2D eigenvalue weighted by atomic mass is 10.2. The molecule has 0 saturated carbocycles.